The summed E-state index contributed by atoms with van der Waals surface area (Å²) in [5.74, 6) is 0. The summed E-state index contributed by atoms with van der Waals surface area (Å²) in [6, 6.07) is 0. The summed E-state index contributed by atoms with van der Waals surface area (Å²) >= 11 is 0. The van der Waals surface area contributed by atoms with Crippen LogP contribution in [0, 0.1) is 10.1 Å². The summed E-state index contributed by atoms with van der Waals surface area (Å²) in [5, 5.41) is 10.4. The van der Waals surface area contributed by atoms with Crippen LogP contribution in [-0.2, 0) is 0 Å². The van der Waals surface area contributed by atoms with E-state index >= 15 is 0 Å². The van der Waals surface area contributed by atoms with Gasteiger partial charge in [-0.2, -0.15) is 0 Å². The fraction of sp³-hybridized carbons (Fsp3) is 0.143. The summed E-state index contributed by atoms with van der Waals surface area (Å²) in [7, 11) is 0. The first kappa shape index (κ1) is 8.32. The second-order valence-electron chi connectivity index (χ2n) is 2.42. The Hall–Kier alpha value is -1.78. The van der Waals surface area contributed by atoms with Crippen LogP contribution >= 0.6 is 0 Å². The predicted molar refractivity (Wildman–Crippen MR) is 44.2 cm³/mol. The Morgan fingerprint density at radius 3 is 2.75 bits per heavy atom. The lowest BCUT2D eigenvalue weighted by Crippen LogP contribution is -2.07. The highest BCUT2D eigenvalue weighted by molar-refractivity contribution is 5.31. The second kappa shape index (κ2) is 3.08. The molecule has 0 spiro atoms. The van der Waals surface area contributed by atoms with Gasteiger partial charge in [-0.15, -0.1) is 0 Å². The molecule has 0 aromatic carbocycles. The third-order valence-corrected chi connectivity index (χ3v) is 1.48. The summed E-state index contributed by atoms with van der Waals surface area (Å²) in [4.78, 5) is 9.87. The molecule has 0 saturated heterocycles. The van der Waals surface area contributed by atoms with Crippen LogP contribution in [0.4, 0.5) is 0 Å². The van der Waals surface area contributed by atoms with Gasteiger partial charge in [-0.05, 0) is 6.08 Å². The van der Waals surface area contributed by atoms with Crippen molar-refractivity contribution in [1.82, 2.24) is 0 Å². The maximum atomic E-state index is 10.4. The molecule has 0 atom stereocenters. The van der Waals surface area contributed by atoms with Gasteiger partial charge in [0.25, 0.3) is 5.70 Å². The normalized spacial score (nSPS) is 17.2. The first-order valence-electron chi connectivity index (χ1n) is 3.38. The standard InChI is InChI=1S/C7H9N3O2/c8-5-2-1-3-6(9)7(4-5)10(11)12/h1-2,4H,3,8-9H2. The number of nitro groups is 1. The zero-order chi connectivity index (χ0) is 9.14. The molecule has 0 radical (unpaired) electrons. The minimum atomic E-state index is -0.533. The minimum Gasteiger partial charge on any atom is -0.399 e. The van der Waals surface area contributed by atoms with E-state index in [1.54, 1.807) is 12.2 Å². The van der Waals surface area contributed by atoms with Crippen molar-refractivity contribution in [3.8, 4) is 0 Å². The molecule has 0 aromatic rings. The zero-order valence-corrected chi connectivity index (χ0v) is 6.36. The van der Waals surface area contributed by atoms with Gasteiger partial charge in [-0.25, -0.2) is 0 Å². The van der Waals surface area contributed by atoms with Crippen molar-refractivity contribution in [2.45, 2.75) is 6.42 Å². The Balaban J connectivity index is 3.09. The molecule has 12 heavy (non-hydrogen) atoms. The summed E-state index contributed by atoms with van der Waals surface area (Å²) < 4.78 is 0. The van der Waals surface area contributed by atoms with Crippen molar-refractivity contribution in [2.24, 2.45) is 11.5 Å². The first-order chi connectivity index (χ1) is 5.61. The van der Waals surface area contributed by atoms with Crippen molar-refractivity contribution < 1.29 is 4.92 Å². The van der Waals surface area contributed by atoms with Crippen molar-refractivity contribution in [3.05, 3.63) is 45.4 Å². The molecule has 0 aliphatic heterocycles. The minimum absolute atomic E-state index is 0.113. The highest BCUT2D eigenvalue weighted by Crippen LogP contribution is 2.12. The Bertz CT molecular complexity index is 302. The van der Waals surface area contributed by atoms with Gasteiger partial charge in [0.05, 0.1) is 10.6 Å². The van der Waals surface area contributed by atoms with Crippen molar-refractivity contribution >= 4 is 0 Å². The highest BCUT2D eigenvalue weighted by atomic mass is 16.6. The van der Waals surface area contributed by atoms with E-state index in [0.717, 1.165) is 0 Å². The molecule has 4 N–H and O–H groups in total. The number of hydrogen-bond acceptors (Lipinski definition) is 4. The summed E-state index contributed by atoms with van der Waals surface area (Å²) in [6.45, 7) is 0. The third-order valence-electron chi connectivity index (χ3n) is 1.48. The Morgan fingerprint density at radius 2 is 2.17 bits per heavy atom. The van der Waals surface area contributed by atoms with E-state index in [1.807, 2.05) is 0 Å². The predicted octanol–water partition coefficient (Wildman–Crippen LogP) is 0.236. The zero-order valence-electron chi connectivity index (χ0n) is 6.36. The Morgan fingerprint density at radius 1 is 1.50 bits per heavy atom. The Kier molecular flexibility index (Phi) is 2.14. The smallest absolute Gasteiger partial charge is 0.290 e. The van der Waals surface area contributed by atoms with Crippen LogP contribution in [-0.4, -0.2) is 4.92 Å². The van der Waals surface area contributed by atoms with Gasteiger partial charge < -0.3 is 11.5 Å². The fourth-order valence-corrected chi connectivity index (χ4v) is 0.895. The van der Waals surface area contributed by atoms with Gasteiger partial charge in [0.15, 0.2) is 0 Å². The van der Waals surface area contributed by atoms with E-state index in [2.05, 4.69) is 0 Å². The van der Waals surface area contributed by atoms with E-state index in [9.17, 15) is 10.1 Å². The molecule has 64 valence electrons. The van der Waals surface area contributed by atoms with E-state index < -0.39 is 4.92 Å². The molecule has 5 heteroatoms. The maximum Gasteiger partial charge on any atom is 0.290 e. The molecule has 0 aromatic heterocycles. The number of allylic oxidation sites excluding steroid dienone is 3. The van der Waals surface area contributed by atoms with Crippen LogP contribution in [0.2, 0.25) is 0 Å². The monoisotopic (exact) mass is 167 g/mol. The SMILES string of the molecule is NC1=CC([N+](=O)[O-])=C(N)CC=C1. The van der Waals surface area contributed by atoms with E-state index in [-0.39, 0.29) is 11.4 Å². The van der Waals surface area contributed by atoms with Crippen molar-refractivity contribution in [1.29, 1.82) is 0 Å². The lowest BCUT2D eigenvalue weighted by Gasteiger charge is -1.95. The molecule has 1 rings (SSSR count). The second-order valence-corrected chi connectivity index (χ2v) is 2.42. The fourth-order valence-electron chi connectivity index (χ4n) is 0.895. The average Bonchev–Trinajstić information content (AvgIpc) is 2.13. The molecule has 1 aliphatic rings. The van der Waals surface area contributed by atoms with Gasteiger partial charge >= 0.3 is 0 Å². The number of nitrogens with two attached hydrogens (primary N) is 2. The lowest BCUT2D eigenvalue weighted by molar-refractivity contribution is -0.420. The van der Waals surface area contributed by atoms with Gasteiger partial charge in [0.1, 0.15) is 0 Å². The van der Waals surface area contributed by atoms with E-state index in [1.165, 1.54) is 6.08 Å². The molecule has 5 nitrogen and oxygen atoms in total. The van der Waals surface area contributed by atoms with Crippen LogP contribution in [0.3, 0.4) is 0 Å². The molecule has 1 aliphatic carbocycles. The molecule has 0 heterocycles. The average molecular weight is 167 g/mol. The third kappa shape index (κ3) is 1.63. The molecule has 0 bridgehead atoms. The maximum absolute atomic E-state index is 10.4. The molecular formula is C7H9N3O2. The number of nitrogens with zero attached hydrogens (tertiary/aromatic N) is 1. The van der Waals surface area contributed by atoms with Crippen molar-refractivity contribution in [3.63, 3.8) is 0 Å². The number of rotatable bonds is 1. The first-order valence-corrected chi connectivity index (χ1v) is 3.38. The molecule has 0 saturated carbocycles. The topological polar surface area (TPSA) is 95.2 Å². The molecular weight excluding hydrogens is 158 g/mol. The van der Waals surface area contributed by atoms with Gasteiger partial charge in [-0.3, -0.25) is 10.1 Å². The van der Waals surface area contributed by atoms with Crippen LogP contribution in [0.15, 0.2) is 35.3 Å². The van der Waals surface area contributed by atoms with Gasteiger partial charge in [0, 0.05) is 18.2 Å². The summed E-state index contributed by atoms with van der Waals surface area (Å²) in [6.07, 6.45) is 4.92. The summed E-state index contributed by atoms with van der Waals surface area (Å²) in [5.41, 5.74) is 11.3. The van der Waals surface area contributed by atoms with E-state index in [4.69, 9.17) is 11.5 Å². The quantitative estimate of drug-likeness (QED) is 0.431. The molecule has 0 unspecified atom stereocenters. The van der Waals surface area contributed by atoms with Crippen molar-refractivity contribution in [2.75, 3.05) is 0 Å². The lowest BCUT2D eigenvalue weighted by atomic mass is 10.3. The van der Waals surface area contributed by atoms with Gasteiger partial charge in [-0.1, -0.05) is 6.08 Å². The van der Waals surface area contributed by atoms with Gasteiger partial charge in [0.2, 0.25) is 0 Å². The number of hydrogen-bond donors (Lipinski definition) is 2. The van der Waals surface area contributed by atoms with Crippen LogP contribution in [0.5, 0.6) is 0 Å². The van der Waals surface area contributed by atoms with Crippen LogP contribution in [0.1, 0.15) is 6.42 Å². The molecule has 0 fully saturated rings. The highest BCUT2D eigenvalue weighted by Gasteiger charge is 2.14. The molecule has 0 amide bonds. The Labute approximate surface area is 69.2 Å². The van der Waals surface area contributed by atoms with E-state index in [0.29, 0.717) is 12.1 Å². The van der Waals surface area contributed by atoms with Crippen LogP contribution < -0.4 is 11.5 Å². The van der Waals surface area contributed by atoms with Crippen LogP contribution in [0.25, 0.3) is 0 Å². The largest absolute Gasteiger partial charge is 0.399 e.